The quantitative estimate of drug-likeness (QED) is 0.642. The number of nitrogens with zero attached hydrogens (tertiary/aromatic N) is 2. The van der Waals surface area contributed by atoms with E-state index in [1.807, 2.05) is 12.1 Å². The molecule has 0 radical (unpaired) electrons. The Bertz CT molecular complexity index is 1100. The lowest BCUT2D eigenvalue weighted by molar-refractivity contribution is -0.125. The summed E-state index contributed by atoms with van der Waals surface area (Å²) in [7, 11) is 1.51. The van der Waals surface area contributed by atoms with Gasteiger partial charge in [0.2, 0.25) is 11.8 Å². The van der Waals surface area contributed by atoms with E-state index in [1.54, 1.807) is 36.4 Å². The maximum absolute atomic E-state index is 12.9. The Kier molecular flexibility index (Phi) is 5.17. The van der Waals surface area contributed by atoms with E-state index >= 15 is 0 Å². The second kappa shape index (κ2) is 7.77. The van der Waals surface area contributed by atoms with Crippen molar-refractivity contribution in [3.8, 4) is 17.0 Å². The smallest absolute Gasteiger partial charge is 0.249 e. The van der Waals surface area contributed by atoms with Gasteiger partial charge in [0.15, 0.2) is 0 Å². The molecule has 0 bridgehead atoms. The largest absolute Gasteiger partial charge is 0.495 e. The predicted molar refractivity (Wildman–Crippen MR) is 112 cm³/mol. The van der Waals surface area contributed by atoms with Crippen LogP contribution in [0.3, 0.4) is 0 Å². The monoisotopic (exact) mass is 430 g/mol. The van der Waals surface area contributed by atoms with Gasteiger partial charge in [0.05, 0.1) is 24.2 Å². The van der Waals surface area contributed by atoms with Gasteiger partial charge >= 0.3 is 0 Å². The summed E-state index contributed by atoms with van der Waals surface area (Å²) in [6, 6.07) is 13.0. The molecule has 0 aliphatic carbocycles. The van der Waals surface area contributed by atoms with Crippen LogP contribution in [0.15, 0.2) is 48.5 Å². The lowest BCUT2D eigenvalue weighted by atomic mass is 10.1. The average molecular weight is 431 g/mol. The lowest BCUT2D eigenvalue weighted by Gasteiger charge is -2.23. The van der Waals surface area contributed by atoms with Gasteiger partial charge in [-0.05, 0) is 30.3 Å². The van der Waals surface area contributed by atoms with Crippen molar-refractivity contribution in [2.24, 2.45) is 0 Å². The first-order valence-electron chi connectivity index (χ1n) is 8.74. The summed E-state index contributed by atoms with van der Waals surface area (Å²) in [5, 5.41) is 11.0. The molecule has 148 valence electrons. The first-order valence-corrected chi connectivity index (χ1v) is 9.50. The van der Waals surface area contributed by atoms with Crippen LogP contribution in [0.4, 0.5) is 11.5 Å². The molecule has 0 unspecified atom stereocenters. The van der Waals surface area contributed by atoms with E-state index in [9.17, 15) is 9.59 Å². The van der Waals surface area contributed by atoms with Gasteiger partial charge in [-0.15, -0.1) is 0 Å². The number of nitrogens with one attached hydrogen (secondary N) is 2. The molecule has 29 heavy (non-hydrogen) atoms. The standard InChI is InChI=1S/C20H16Cl2N4O3/c1-29-17-7-6-13(8-14(17)22)23-20(28)16-10-19(27)24-18-9-15(25-26(16)18)11-2-4-12(21)5-3-11/h2-9,16H,10H2,1H3,(H,23,28)(H,24,27)/t16-/m0/s1. The summed E-state index contributed by atoms with van der Waals surface area (Å²) in [6.07, 6.45) is -0.0234. The summed E-state index contributed by atoms with van der Waals surface area (Å²) >= 11 is 12.1. The number of aromatic nitrogens is 2. The van der Waals surface area contributed by atoms with Crippen molar-refractivity contribution in [1.82, 2.24) is 9.78 Å². The number of halogens is 2. The minimum Gasteiger partial charge on any atom is -0.495 e. The van der Waals surface area contributed by atoms with E-state index < -0.39 is 6.04 Å². The Morgan fingerprint density at radius 2 is 1.97 bits per heavy atom. The summed E-state index contributed by atoms with van der Waals surface area (Å²) < 4.78 is 6.63. The van der Waals surface area contributed by atoms with Crippen molar-refractivity contribution in [3.63, 3.8) is 0 Å². The van der Waals surface area contributed by atoms with E-state index in [4.69, 9.17) is 27.9 Å². The third kappa shape index (κ3) is 3.92. The molecule has 4 rings (SSSR count). The SMILES string of the molecule is COc1ccc(NC(=O)[C@@H]2CC(=O)Nc3cc(-c4ccc(Cl)cc4)nn32)cc1Cl. The minimum atomic E-state index is -0.791. The number of rotatable bonds is 4. The molecule has 0 saturated carbocycles. The number of anilines is 2. The molecule has 1 aliphatic heterocycles. The first kappa shape index (κ1) is 19.3. The van der Waals surface area contributed by atoms with Gasteiger partial charge in [0, 0.05) is 22.3 Å². The second-order valence-corrected chi connectivity index (χ2v) is 7.32. The number of carbonyl (C=O) groups excluding carboxylic acids is 2. The molecule has 0 spiro atoms. The number of hydrogen-bond acceptors (Lipinski definition) is 4. The van der Waals surface area contributed by atoms with Gasteiger partial charge in [-0.1, -0.05) is 35.3 Å². The maximum atomic E-state index is 12.9. The van der Waals surface area contributed by atoms with Crippen molar-refractivity contribution in [3.05, 3.63) is 58.6 Å². The van der Waals surface area contributed by atoms with Crippen molar-refractivity contribution >= 4 is 46.5 Å². The molecule has 1 aromatic heterocycles. The van der Waals surface area contributed by atoms with Crippen LogP contribution in [0.2, 0.25) is 10.0 Å². The Morgan fingerprint density at radius 1 is 1.21 bits per heavy atom. The molecule has 1 atom stereocenters. The molecule has 3 aromatic rings. The van der Waals surface area contributed by atoms with E-state index in [1.165, 1.54) is 11.8 Å². The predicted octanol–water partition coefficient (Wildman–Crippen LogP) is 4.39. The number of carbonyl (C=O) groups is 2. The van der Waals surface area contributed by atoms with Crippen LogP contribution in [0.5, 0.6) is 5.75 Å². The van der Waals surface area contributed by atoms with Gasteiger partial charge < -0.3 is 15.4 Å². The molecule has 0 saturated heterocycles. The van der Waals surface area contributed by atoms with Gasteiger partial charge in [-0.2, -0.15) is 5.10 Å². The highest BCUT2D eigenvalue weighted by atomic mass is 35.5. The second-order valence-electron chi connectivity index (χ2n) is 6.47. The zero-order valence-electron chi connectivity index (χ0n) is 15.3. The highest BCUT2D eigenvalue weighted by molar-refractivity contribution is 6.32. The Hall–Kier alpha value is -3.03. The van der Waals surface area contributed by atoms with Crippen LogP contribution >= 0.6 is 23.2 Å². The molecule has 2 amide bonds. The van der Waals surface area contributed by atoms with Crippen LogP contribution in [0, 0.1) is 0 Å². The molecule has 2 aromatic carbocycles. The average Bonchev–Trinajstić information content (AvgIpc) is 3.11. The van der Waals surface area contributed by atoms with Crippen molar-refractivity contribution in [2.45, 2.75) is 12.5 Å². The third-order valence-corrected chi connectivity index (χ3v) is 5.09. The molecule has 7 nitrogen and oxygen atoms in total. The van der Waals surface area contributed by atoms with Crippen LogP contribution < -0.4 is 15.4 Å². The summed E-state index contributed by atoms with van der Waals surface area (Å²) in [5.74, 6) is 0.337. The van der Waals surface area contributed by atoms with Crippen LogP contribution in [-0.4, -0.2) is 28.7 Å². The molecule has 1 aliphatic rings. The molecule has 2 heterocycles. The van der Waals surface area contributed by atoms with Gasteiger partial charge in [-0.25, -0.2) is 4.68 Å². The number of fused-ring (bicyclic) bond motifs is 1. The third-order valence-electron chi connectivity index (χ3n) is 4.54. The lowest BCUT2D eigenvalue weighted by Crippen LogP contribution is -2.35. The van der Waals surface area contributed by atoms with Crippen LogP contribution in [0.25, 0.3) is 11.3 Å². The fraction of sp³-hybridized carbons (Fsp3) is 0.150. The normalized spacial score (nSPS) is 15.4. The van der Waals surface area contributed by atoms with E-state index in [0.29, 0.717) is 33.0 Å². The number of methoxy groups -OCH3 is 1. The minimum absolute atomic E-state index is 0.0234. The number of hydrogen-bond donors (Lipinski definition) is 2. The highest BCUT2D eigenvalue weighted by Gasteiger charge is 2.32. The number of amides is 2. The number of ether oxygens (including phenoxy) is 1. The van der Waals surface area contributed by atoms with Crippen molar-refractivity contribution < 1.29 is 14.3 Å². The topological polar surface area (TPSA) is 85.2 Å². The van der Waals surface area contributed by atoms with Crippen LogP contribution in [-0.2, 0) is 9.59 Å². The zero-order chi connectivity index (χ0) is 20.5. The van der Waals surface area contributed by atoms with Crippen LogP contribution in [0.1, 0.15) is 12.5 Å². The van der Waals surface area contributed by atoms with E-state index in [-0.39, 0.29) is 18.2 Å². The molecular formula is C20H16Cl2N4O3. The van der Waals surface area contributed by atoms with Gasteiger partial charge in [-0.3, -0.25) is 9.59 Å². The van der Waals surface area contributed by atoms with E-state index in [2.05, 4.69) is 15.7 Å². The zero-order valence-corrected chi connectivity index (χ0v) is 16.8. The number of benzene rings is 2. The summed E-state index contributed by atoms with van der Waals surface area (Å²) in [4.78, 5) is 25.0. The molecule has 0 fully saturated rings. The Morgan fingerprint density at radius 3 is 2.66 bits per heavy atom. The molecular weight excluding hydrogens is 415 g/mol. The van der Waals surface area contributed by atoms with Crippen molar-refractivity contribution in [1.29, 1.82) is 0 Å². The molecule has 9 heteroatoms. The van der Waals surface area contributed by atoms with Gasteiger partial charge in [0.25, 0.3) is 0 Å². The maximum Gasteiger partial charge on any atom is 0.249 e. The van der Waals surface area contributed by atoms with Gasteiger partial charge in [0.1, 0.15) is 17.6 Å². The van der Waals surface area contributed by atoms with E-state index in [0.717, 1.165) is 5.56 Å². The van der Waals surface area contributed by atoms with Crippen molar-refractivity contribution in [2.75, 3.05) is 17.7 Å². The summed E-state index contributed by atoms with van der Waals surface area (Å²) in [5.41, 5.74) is 1.95. The Balaban J connectivity index is 1.62. The summed E-state index contributed by atoms with van der Waals surface area (Å²) in [6.45, 7) is 0. The molecule has 2 N–H and O–H groups in total. The fourth-order valence-corrected chi connectivity index (χ4v) is 3.50. The fourth-order valence-electron chi connectivity index (χ4n) is 3.12. The highest BCUT2D eigenvalue weighted by Crippen LogP contribution is 2.32. The Labute approximate surface area is 176 Å². The first-order chi connectivity index (χ1) is 13.9.